The molecule has 0 spiro atoms. The largest absolute Gasteiger partial charge is 0.467 e. The van der Waals surface area contributed by atoms with Crippen molar-refractivity contribution in [2.24, 2.45) is 0 Å². The van der Waals surface area contributed by atoms with Gasteiger partial charge in [-0.2, -0.15) is 0 Å². The van der Waals surface area contributed by atoms with Gasteiger partial charge in [-0.25, -0.2) is 0 Å². The lowest BCUT2D eigenvalue weighted by molar-refractivity contribution is -0.145. The quantitative estimate of drug-likeness (QED) is 0.650. The predicted molar refractivity (Wildman–Crippen MR) is 44.7 cm³/mol. The Bertz CT molecular complexity index is 206. The maximum Gasteiger partial charge on any atom is 0.155 e. The molecule has 1 aromatic heterocycles. The van der Waals surface area contributed by atoms with Crippen LogP contribution in [0.5, 0.6) is 0 Å². The summed E-state index contributed by atoms with van der Waals surface area (Å²) < 4.78 is 15.5. The zero-order chi connectivity index (χ0) is 8.97. The maximum atomic E-state index is 5.43. The van der Waals surface area contributed by atoms with E-state index < -0.39 is 0 Å². The average molecular weight is 170 g/mol. The zero-order valence-electron chi connectivity index (χ0n) is 7.61. The number of furan rings is 1. The van der Waals surface area contributed by atoms with Gasteiger partial charge in [-0.1, -0.05) is 0 Å². The Labute approximate surface area is 72.3 Å². The van der Waals surface area contributed by atoms with Crippen LogP contribution in [0.25, 0.3) is 0 Å². The molecule has 0 saturated carbocycles. The molecule has 1 heterocycles. The summed E-state index contributed by atoms with van der Waals surface area (Å²) in [6, 6.07) is 3.72. The highest BCUT2D eigenvalue weighted by atomic mass is 16.7. The van der Waals surface area contributed by atoms with Crippen LogP contribution in [0.1, 0.15) is 25.7 Å². The number of methoxy groups -OCH3 is 1. The third-order valence-electron chi connectivity index (χ3n) is 1.67. The average Bonchev–Trinajstić information content (AvgIpc) is 2.56. The van der Waals surface area contributed by atoms with E-state index in [9.17, 15) is 0 Å². The molecule has 0 amide bonds. The van der Waals surface area contributed by atoms with Crippen LogP contribution < -0.4 is 0 Å². The first-order valence-corrected chi connectivity index (χ1v) is 3.95. The monoisotopic (exact) mass is 170 g/mol. The highest BCUT2D eigenvalue weighted by molar-refractivity contribution is 5.00. The molecule has 0 bridgehead atoms. The van der Waals surface area contributed by atoms with E-state index in [0.717, 1.165) is 5.76 Å². The summed E-state index contributed by atoms with van der Waals surface area (Å²) >= 11 is 0. The molecule has 0 saturated heterocycles. The van der Waals surface area contributed by atoms with E-state index in [1.807, 2.05) is 26.0 Å². The molecule has 0 N–H and O–H groups in total. The Balaban J connectivity index is 2.44. The molecule has 0 radical (unpaired) electrons. The molecule has 0 aliphatic carbocycles. The van der Waals surface area contributed by atoms with Gasteiger partial charge < -0.3 is 13.9 Å². The Hall–Kier alpha value is -0.800. The van der Waals surface area contributed by atoms with Crippen LogP contribution in [0.3, 0.4) is 0 Å². The van der Waals surface area contributed by atoms with Gasteiger partial charge in [0.1, 0.15) is 11.9 Å². The molecule has 12 heavy (non-hydrogen) atoms. The molecule has 0 aliphatic rings. The lowest BCUT2D eigenvalue weighted by Gasteiger charge is -2.15. The molecule has 0 fully saturated rings. The first-order valence-electron chi connectivity index (χ1n) is 3.95. The van der Waals surface area contributed by atoms with Crippen LogP contribution >= 0.6 is 0 Å². The minimum Gasteiger partial charge on any atom is -0.467 e. The SMILES string of the molecule is COC(C)OC(C)c1ccco1. The van der Waals surface area contributed by atoms with E-state index >= 15 is 0 Å². The third-order valence-corrected chi connectivity index (χ3v) is 1.67. The molecule has 0 aliphatic heterocycles. The van der Waals surface area contributed by atoms with Crippen molar-refractivity contribution in [2.75, 3.05) is 7.11 Å². The molecular weight excluding hydrogens is 156 g/mol. The van der Waals surface area contributed by atoms with E-state index in [1.165, 1.54) is 0 Å². The van der Waals surface area contributed by atoms with Crippen LogP contribution in [0.15, 0.2) is 22.8 Å². The lowest BCUT2D eigenvalue weighted by Crippen LogP contribution is -2.12. The second-order valence-corrected chi connectivity index (χ2v) is 2.60. The second kappa shape index (κ2) is 4.28. The van der Waals surface area contributed by atoms with Crippen LogP contribution in [-0.2, 0) is 9.47 Å². The lowest BCUT2D eigenvalue weighted by atomic mass is 10.3. The fourth-order valence-corrected chi connectivity index (χ4v) is 0.933. The van der Waals surface area contributed by atoms with Crippen molar-refractivity contribution in [3.05, 3.63) is 24.2 Å². The van der Waals surface area contributed by atoms with Gasteiger partial charge in [0.05, 0.1) is 6.26 Å². The fourth-order valence-electron chi connectivity index (χ4n) is 0.933. The highest BCUT2D eigenvalue weighted by Gasteiger charge is 2.11. The summed E-state index contributed by atoms with van der Waals surface area (Å²) in [6.45, 7) is 3.77. The zero-order valence-corrected chi connectivity index (χ0v) is 7.61. The third kappa shape index (κ3) is 2.36. The van der Waals surface area contributed by atoms with Crippen molar-refractivity contribution < 1.29 is 13.9 Å². The molecular formula is C9H14O3. The van der Waals surface area contributed by atoms with Crippen molar-refractivity contribution >= 4 is 0 Å². The minimum absolute atomic E-state index is 0.0602. The van der Waals surface area contributed by atoms with Crippen LogP contribution in [0.4, 0.5) is 0 Å². The number of rotatable bonds is 4. The molecule has 1 aromatic rings. The molecule has 3 heteroatoms. The van der Waals surface area contributed by atoms with Gasteiger partial charge in [0.2, 0.25) is 0 Å². The van der Waals surface area contributed by atoms with Crippen LogP contribution in [0, 0.1) is 0 Å². The number of ether oxygens (including phenoxy) is 2. The molecule has 1 rings (SSSR count). The Morgan fingerprint density at radius 2 is 2.17 bits per heavy atom. The van der Waals surface area contributed by atoms with Crippen molar-refractivity contribution in [1.82, 2.24) is 0 Å². The smallest absolute Gasteiger partial charge is 0.155 e. The van der Waals surface area contributed by atoms with Crippen molar-refractivity contribution in [2.45, 2.75) is 26.2 Å². The van der Waals surface area contributed by atoms with Gasteiger partial charge in [0, 0.05) is 7.11 Å². The fraction of sp³-hybridized carbons (Fsp3) is 0.556. The summed E-state index contributed by atoms with van der Waals surface area (Å²) in [5, 5.41) is 0. The van der Waals surface area contributed by atoms with Gasteiger partial charge in [0.15, 0.2) is 6.29 Å². The normalized spacial score (nSPS) is 15.9. The highest BCUT2D eigenvalue weighted by Crippen LogP contribution is 2.18. The minimum atomic E-state index is -0.204. The maximum absolute atomic E-state index is 5.43. The molecule has 2 unspecified atom stereocenters. The van der Waals surface area contributed by atoms with E-state index in [1.54, 1.807) is 13.4 Å². The Kier molecular flexibility index (Phi) is 3.31. The van der Waals surface area contributed by atoms with Gasteiger partial charge in [-0.05, 0) is 26.0 Å². The summed E-state index contributed by atoms with van der Waals surface area (Å²) in [7, 11) is 1.61. The topological polar surface area (TPSA) is 31.6 Å². The van der Waals surface area contributed by atoms with Crippen molar-refractivity contribution in [1.29, 1.82) is 0 Å². The van der Waals surface area contributed by atoms with Gasteiger partial charge in [0.25, 0.3) is 0 Å². The van der Waals surface area contributed by atoms with E-state index in [2.05, 4.69) is 0 Å². The van der Waals surface area contributed by atoms with Crippen molar-refractivity contribution in [3.63, 3.8) is 0 Å². The number of hydrogen-bond donors (Lipinski definition) is 0. The Morgan fingerprint density at radius 3 is 2.67 bits per heavy atom. The summed E-state index contributed by atoms with van der Waals surface area (Å²) in [5.74, 6) is 0.818. The first-order chi connectivity index (χ1) is 5.74. The van der Waals surface area contributed by atoms with Gasteiger partial charge in [-0.3, -0.25) is 0 Å². The molecule has 3 nitrogen and oxygen atoms in total. The van der Waals surface area contributed by atoms with Gasteiger partial charge in [-0.15, -0.1) is 0 Å². The predicted octanol–water partition coefficient (Wildman–Crippen LogP) is 2.35. The second-order valence-electron chi connectivity index (χ2n) is 2.60. The number of hydrogen-bond acceptors (Lipinski definition) is 3. The molecule has 0 aromatic carbocycles. The summed E-state index contributed by atoms with van der Waals surface area (Å²) in [5.41, 5.74) is 0. The van der Waals surface area contributed by atoms with E-state index in [-0.39, 0.29) is 12.4 Å². The van der Waals surface area contributed by atoms with Crippen LogP contribution in [0.2, 0.25) is 0 Å². The summed E-state index contributed by atoms with van der Waals surface area (Å²) in [4.78, 5) is 0. The van der Waals surface area contributed by atoms with Gasteiger partial charge >= 0.3 is 0 Å². The summed E-state index contributed by atoms with van der Waals surface area (Å²) in [6.07, 6.45) is 1.37. The Morgan fingerprint density at radius 1 is 1.42 bits per heavy atom. The molecule has 2 atom stereocenters. The van der Waals surface area contributed by atoms with E-state index in [0.29, 0.717) is 0 Å². The first kappa shape index (κ1) is 9.29. The van der Waals surface area contributed by atoms with Crippen molar-refractivity contribution in [3.8, 4) is 0 Å². The standard InChI is InChI=1S/C9H14O3/c1-7(12-8(2)10-3)9-5-4-6-11-9/h4-8H,1-3H3. The van der Waals surface area contributed by atoms with Crippen LogP contribution in [-0.4, -0.2) is 13.4 Å². The molecule has 68 valence electrons. The van der Waals surface area contributed by atoms with E-state index in [4.69, 9.17) is 13.9 Å².